The van der Waals surface area contributed by atoms with Gasteiger partial charge >= 0.3 is 5.97 Å². The molecule has 0 aliphatic carbocycles. The van der Waals surface area contributed by atoms with Gasteiger partial charge in [0.2, 0.25) is 5.91 Å². The lowest BCUT2D eigenvalue weighted by molar-refractivity contribution is -0.134. The molecular formula is C20H25N3O4. The maximum atomic E-state index is 13.0. The van der Waals surface area contributed by atoms with Crippen LogP contribution >= 0.6 is 0 Å². The van der Waals surface area contributed by atoms with Gasteiger partial charge in [0.05, 0.1) is 30.8 Å². The van der Waals surface area contributed by atoms with Gasteiger partial charge in [-0.15, -0.1) is 0 Å². The smallest absolute Gasteiger partial charge is 0.338 e. The number of benzene rings is 1. The second kappa shape index (κ2) is 8.24. The first kappa shape index (κ1) is 18.9. The Hall–Kier alpha value is -2.83. The van der Waals surface area contributed by atoms with Gasteiger partial charge in [-0.05, 0) is 37.0 Å². The Kier molecular flexibility index (Phi) is 5.78. The van der Waals surface area contributed by atoms with Crippen LogP contribution in [0.15, 0.2) is 36.7 Å². The Bertz CT molecular complexity index is 792. The maximum absolute atomic E-state index is 13.0. The number of hydrogen-bond donors (Lipinski definition) is 1. The van der Waals surface area contributed by atoms with E-state index >= 15 is 0 Å². The Morgan fingerprint density at radius 2 is 1.93 bits per heavy atom. The van der Waals surface area contributed by atoms with Crippen molar-refractivity contribution in [2.45, 2.75) is 38.1 Å². The van der Waals surface area contributed by atoms with E-state index < -0.39 is 5.97 Å². The van der Waals surface area contributed by atoms with Crippen LogP contribution in [0.3, 0.4) is 0 Å². The number of carbonyl (C=O) groups is 2. The molecule has 7 heteroatoms. The second-order valence-electron chi connectivity index (χ2n) is 6.80. The third-order valence-corrected chi connectivity index (χ3v) is 5.22. The van der Waals surface area contributed by atoms with E-state index in [4.69, 9.17) is 9.84 Å². The molecule has 27 heavy (non-hydrogen) atoms. The van der Waals surface area contributed by atoms with Crippen LogP contribution in [0.4, 0.5) is 0 Å². The summed E-state index contributed by atoms with van der Waals surface area (Å²) in [7, 11) is 1.63. The van der Waals surface area contributed by atoms with E-state index in [1.807, 2.05) is 36.1 Å². The fraction of sp³-hybridized carbons (Fsp3) is 0.450. The zero-order valence-electron chi connectivity index (χ0n) is 15.7. The quantitative estimate of drug-likeness (QED) is 0.844. The fourth-order valence-corrected chi connectivity index (χ4v) is 3.61. The van der Waals surface area contributed by atoms with Crippen LogP contribution in [-0.2, 0) is 4.79 Å². The topological polar surface area (TPSA) is 84.7 Å². The minimum Gasteiger partial charge on any atom is -0.497 e. The summed E-state index contributed by atoms with van der Waals surface area (Å²) in [5, 5.41) is 13.2. The van der Waals surface area contributed by atoms with Crippen LogP contribution in [0.25, 0.3) is 0 Å². The predicted octanol–water partition coefficient (Wildman–Crippen LogP) is 2.95. The lowest BCUT2D eigenvalue weighted by Gasteiger charge is -2.34. The molecule has 1 aliphatic rings. The highest BCUT2D eigenvalue weighted by Gasteiger charge is 2.29. The van der Waals surface area contributed by atoms with Gasteiger partial charge in [0, 0.05) is 19.3 Å². The summed E-state index contributed by atoms with van der Waals surface area (Å²) in [4.78, 5) is 25.9. The zero-order valence-corrected chi connectivity index (χ0v) is 15.7. The molecule has 2 heterocycles. The molecule has 1 unspecified atom stereocenters. The molecule has 1 aromatic carbocycles. The highest BCUT2D eigenvalue weighted by molar-refractivity contribution is 5.86. The molecule has 0 saturated carbocycles. The molecule has 7 nitrogen and oxygen atoms in total. The number of methoxy groups -OCH3 is 1. The van der Waals surface area contributed by atoms with Crippen LogP contribution in [0.2, 0.25) is 0 Å². The van der Waals surface area contributed by atoms with Gasteiger partial charge in [-0.3, -0.25) is 9.48 Å². The van der Waals surface area contributed by atoms with E-state index in [2.05, 4.69) is 5.10 Å². The van der Waals surface area contributed by atoms with Crippen molar-refractivity contribution in [3.63, 3.8) is 0 Å². The summed E-state index contributed by atoms with van der Waals surface area (Å²) >= 11 is 0. The van der Waals surface area contributed by atoms with Gasteiger partial charge in [-0.25, -0.2) is 4.79 Å². The van der Waals surface area contributed by atoms with Crippen LogP contribution in [0, 0.1) is 0 Å². The fourth-order valence-electron chi connectivity index (χ4n) is 3.61. The Balaban J connectivity index is 1.63. The molecule has 2 aromatic rings. The third-order valence-electron chi connectivity index (χ3n) is 5.22. The van der Waals surface area contributed by atoms with Gasteiger partial charge in [-0.2, -0.15) is 5.10 Å². The standard InChI is InChI=1S/C20H25N3O4/c1-3-18(14-4-6-17(27-2)7-5-14)19(24)22-10-8-16(9-11-22)23-13-15(12-21-23)20(25)26/h4-7,12-13,16,18H,3,8-11H2,1-2H3,(H,25,26). The number of carbonyl (C=O) groups excluding carboxylic acids is 1. The van der Waals surface area contributed by atoms with Crippen LogP contribution in [-0.4, -0.2) is 51.9 Å². The first-order valence-electron chi connectivity index (χ1n) is 9.23. The monoisotopic (exact) mass is 371 g/mol. The van der Waals surface area contributed by atoms with E-state index in [-0.39, 0.29) is 23.4 Å². The van der Waals surface area contributed by atoms with Crippen LogP contribution in [0.1, 0.15) is 54.1 Å². The molecule has 3 rings (SSSR count). The SMILES string of the molecule is CCC(C(=O)N1CCC(n2cc(C(=O)O)cn2)CC1)c1ccc(OC)cc1. The number of rotatable bonds is 6. The van der Waals surface area contributed by atoms with E-state index in [1.54, 1.807) is 18.0 Å². The van der Waals surface area contributed by atoms with E-state index in [0.717, 1.165) is 30.6 Å². The maximum Gasteiger partial charge on any atom is 0.338 e. The molecule has 0 spiro atoms. The summed E-state index contributed by atoms with van der Waals surface area (Å²) in [5.41, 5.74) is 1.20. The van der Waals surface area contributed by atoms with Crippen molar-refractivity contribution in [3.8, 4) is 5.75 Å². The lowest BCUT2D eigenvalue weighted by atomic mass is 9.93. The van der Waals surface area contributed by atoms with Crippen molar-refractivity contribution < 1.29 is 19.4 Å². The summed E-state index contributed by atoms with van der Waals surface area (Å²) in [6.45, 7) is 3.33. The molecule has 1 N–H and O–H groups in total. The molecule has 1 aliphatic heterocycles. The number of carboxylic acid groups (broad SMARTS) is 1. The molecule has 144 valence electrons. The number of aromatic nitrogens is 2. The second-order valence-corrected chi connectivity index (χ2v) is 6.80. The van der Waals surface area contributed by atoms with E-state index in [0.29, 0.717) is 13.1 Å². The van der Waals surface area contributed by atoms with E-state index in [9.17, 15) is 9.59 Å². The first-order valence-corrected chi connectivity index (χ1v) is 9.23. The molecule has 1 atom stereocenters. The largest absolute Gasteiger partial charge is 0.497 e. The molecule has 1 amide bonds. The summed E-state index contributed by atoms with van der Waals surface area (Å²) < 4.78 is 6.90. The van der Waals surface area contributed by atoms with Gasteiger partial charge < -0.3 is 14.7 Å². The van der Waals surface area contributed by atoms with Crippen LogP contribution in [0.5, 0.6) is 5.75 Å². The third kappa shape index (κ3) is 4.13. The molecule has 1 aromatic heterocycles. The van der Waals surface area contributed by atoms with E-state index in [1.165, 1.54) is 6.20 Å². The van der Waals surface area contributed by atoms with Crippen molar-refractivity contribution in [1.82, 2.24) is 14.7 Å². The van der Waals surface area contributed by atoms with Crippen molar-refractivity contribution in [2.75, 3.05) is 20.2 Å². The Morgan fingerprint density at radius 1 is 1.26 bits per heavy atom. The highest BCUT2D eigenvalue weighted by atomic mass is 16.5. The number of piperidine rings is 1. The average molecular weight is 371 g/mol. The molecular weight excluding hydrogens is 346 g/mol. The summed E-state index contributed by atoms with van der Waals surface area (Å²) in [6.07, 6.45) is 5.22. The minimum absolute atomic E-state index is 0.128. The molecule has 1 fully saturated rings. The Labute approximate surface area is 158 Å². The highest BCUT2D eigenvalue weighted by Crippen LogP contribution is 2.28. The van der Waals surface area contributed by atoms with Gasteiger partial charge in [0.15, 0.2) is 0 Å². The molecule has 0 radical (unpaired) electrons. The molecule has 0 bridgehead atoms. The number of likely N-dealkylation sites (tertiary alicyclic amines) is 1. The Morgan fingerprint density at radius 3 is 2.44 bits per heavy atom. The van der Waals surface area contributed by atoms with Gasteiger partial charge in [0.25, 0.3) is 0 Å². The summed E-state index contributed by atoms with van der Waals surface area (Å²) in [6, 6.07) is 7.80. The number of nitrogens with zero attached hydrogens (tertiary/aromatic N) is 3. The number of amides is 1. The minimum atomic E-state index is -0.973. The van der Waals surface area contributed by atoms with Crippen molar-refractivity contribution >= 4 is 11.9 Å². The van der Waals surface area contributed by atoms with Crippen molar-refractivity contribution in [1.29, 1.82) is 0 Å². The predicted molar refractivity (Wildman–Crippen MR) is 100 cm³/mol. The zero-order chi connectivity index (χ0) is 19.4. The first-order chi connectivity index (χ1) is 13.0. The van der Waals surface area contributed by atoms with Gasteiger partial charge in [0.1, 0.15) is 5.75 Å². The van der Waals surface area contributed by atoms with Crippen molar-refractivity contribution in [2.24, 2.45) is 0 Å². The lowest BCUT2D eigenvalue weighted by Crippen LogP contribution is -2.41. The van der Waals surface area contributed by atoms with Crippen molar-refractivity contribution in [3.05, 3.63) is 47.8 Å². The summed E-state index contributed by atoms with van der Waals surface area (Å²) in [5.74, 6) is -0.204. The number of carboxylic acids is 1. The average Bonchev–Trinajstić information content (AvgIpc) is 3.20. The normalized spacial score (nSPS) is 16.1. The number of hydrogen-bond acceptors (Lipinski definition) is 4. The molecule has 1 saturated heterocycles. The number of aromatic carboxylic acids is 1. The number of ether oxygens (including phenoxy) is 1. The van der Waals surface area contributed by atoms with Gasteiger partial charge in [-0.1, -0.05) is 19.1 Å². The van der Waals surface area contributed by atoms with Crippen LogP contribution < -0.4 is 4.74 Å².